The second-order valence-electron chi connectivity index (χ2n) is 4.59. The van der Waals surface area contributed by atoms with Crippen molar-refractivity contribution in [2.75, 3.05) is 7.11 Å². The minimum absolute atomic E-state index is 0.0941. The van der Waals surface area contributed by atoms with E-state index < -0.39 is 5.82 Å². The maximum Gasteiger partial charge on any atom is 0.171 e. The van der Waals surface area contributed by atoms with Gasteiger partial charge in [0.25, 0.3) is 0 Å². The van der Waals surface area contributed by atoms with E-state index in [1.165, 1.54) is 13.0 Å². The van der Waals surface area contributed by atoms with Crippen LogP contribution in [0.5, 0.6) is 11.5 Å². The molecule has 0 radical (unpaired) electrons. The molecule has 0 amide bonds. The molecule has 4 nitrogen and oxygen atoms in total. The second kappa shape index (κ2) is 8.14. The van der Waals surface area contributed by atoms with Gasteiger partial charge in [0.05, 0.1) is 0 Å². The first-order valence-corrected chi connectivity index (χ1v) is 6.64. The van der Waals surface area contributed by atoms with Crippen LogP contribution < -0.4 is 4.74 Å². The molecule has 0 aliphatic heterocycles. The van der Waals surface area contributed by atoms with Crippen molar-refractivity contribution in [2.45, 2.75) is 20.5 Å². The van der Waals surface area contributed by atoms with Crippen molar-refractivity contribution in [3.63, 3.8) is 0 Å². The molecule has 0 saturated heterocycles. The number of halogens is 1. The van der Waals surface area contributed by atoms with Crippen molar-refractivity contribution in [1.82, 2.24) is 0 Å². The number of hydrogen-bond acceptors (Lipinski definition) is 4. The maximum atomic E-state index is 14.1. The van der Waals surface area contributed by atoms with Gasteiger partial charge in [-0.05, 0) is 31.0 Å². The number of phenols is 1. The number of carbonyl (C=O) groups is 1. The first kappa shape index (κ1) is 17.7. The Morgan fingerprint density at radius 2 is 1.86 bits per heavy atom. The van der Waals surface area contributed by atoms with E-state index >= 15 is 0 Å². The largest absolute Gasteiger partial charge is 0.508 e. The van der Waals surface area contributed by atoms with Crippen molar-refractivity contribution in [3.8, 4) is 11.5 Å². The Morgan fingerprint density at radius 3 is 2.50 bits per heavy atom. The maximum absolute atomic E-state index is 14.1. The number of aldehydes is 1. The summed E-state index contributed by atoms with van der Waals surface area (Å²) in [4.78, 5) is 10.9. The number of carbonyl (C=O) groups excluding carboxylic acids is 1. The van der Waals surface area contributed by atoms with Crippen LogP contribution in [0, 0.1) is 19.7 Å². The molecular weight excluding hydrogens is 287 g/mol. The van der Waals surface area contributed by atoms with Crippen LogP contribution in [0.15, 0.2) is 30.3 Å². The van der Waals surface area contributed by atoms with E-state index in [1.807, 2.05) is 0 Å². The molecule has 0 unspecified atom stereocenters. The quantitative estimate of drug-likeness (QED) is 0.852. The summed E-state index contributed by atoms with van der Waals surface area (Å²) in [6.45, 7) is 3.23. The summed E-state index contributed by atoms with van der Waals surface area (Å²) in [6.07, 6.45) is 0.740. The fraction of sp³-hybridized carbons (Fsp3) is 0.235. The summed E-state index contributed by atoms with van der Waals surface area (Å²) in [5, 5.41) is 16.5. The Balaban J connectivity index is 0.00000116. The van der Waals surface area contributed by atoms with Crippen LogP contribution in [0.2, 0.25) is 0 Å². The molecule has 0 spiro atoms. The molecule has 2 N–H and O–H groups in total. The highest BCUT2D eigenvalue weighted by Gasteiger charge is 2.14. The number of aromatic hydroxyl groups is 1. The molecule has 2 rings (SSSR count). The summed E-state index contributed by atoms with van der Waals surface area (Å²) < 4.78 is 19.5. The summed E-state index contributed by atoms with van der Waals surface area (Å²) >= 11 is 0. The summed E-state index contributed by atoms with van der Waals surface area (Å²) in [7, 11) is 1.00. The zero-order valence-corrected chi connectivity index (χ0v) is 12.8. The van der Waals surface area contributed by atoms with Crippen molar-refractivity contribution in [3.05, 3.63) is 58.4 Å². The van der Waals surface area contributed by atoms with Gasteiger partial charge in [0.15, 0.2) is 11.6 Å². The molecule has 0 aromatic heterocycles. The van der Waals surface area contributed by atoms with Crippen LogP contribution in [0.4, 0.5) is 4.39 Å². The molecule has 0 heterocycles. The minimum atomic E-state index is -0.578. The summed E-state index contributed by atoms with van der Waals surface area (Å²) in [5.41, 5.74) is 1.86. The van der Waals surface area contributed by atoms with Gasteiger partial charge in [-0.3, -0.25) is 4.79 Å². The number of benzene rings is 2. The SMILES string of the molecule is CO.Cc1cc(O)c(C)c(F)c1OCc1ccccc1C=O. The van der Waals surface area contributed by atoms with Gasteiger partial charge in [-0.25, -0.2) is 4.39 Å². The topological polar surface area (TPSA) is 66.8 Å². The second-order valence-corrected chi connectivity index (χ2v) is 4.59. The van der Waals surface area contributed by atoms with Crippen LogP contribution in [0.25, 0.3) is 0 Å². The van der Waals surface area contributed by atoms with Gasteiger partial charge in [-0.15, -0.1) is 0 Å². The van der Waals surface area contributed by atoms with Crippen molar-refractivity contribution in [2.24, 2.45) is 0 Å². The summed E-state index contributed by atoms with van der Waals surface area (Å²) in [6, 6.07) is 8.43. The van der Waals surface area contributed by atoms with Crippen LogP contribution >= 0.6 is 0 Å². The van der Waals surface area contributed by atoms with Crippen molar-refractivity contribution < 1.29 is 24.1 Å². The molecule has 0 fully saturated rings. The number of aryl methyl sites for hydroxylation is 1. The van der Waals surface area contributed by atoms with Gasteiger partial charge in [0, 0.05) is 18.2 Å². The van der Waals surface area contributed by atoms with E-state index in [-0.39, 0.29) is 23.7 Å². The molecule has 2 aromatic carbocycles. The van der Waals surface area contributed by atoms with E-state index in [1.54, 1.807) is 31.2 Å². The van der Waals surface area contributed by atoms with Gasteiger partial charge < -0.3 is 14.9 Å². The third-order valence-corrected chi connectivity index (χ3v) is 3.18. The number of ether oxygens (including phenoxy) is 1. The summed E-state index contributed by atoms with van der Waals surface area (Å²) in [5.74, 6) is -0.576. The number of phenolic OH excluding ortho intramolecular Hbond substituents is 1. The lowest BCUT2D eigenvalue weighted by atomic mass is 10.1. The molecular formula is C17H19FO4. The Morgan fingerprint density at radius 1 is 1.23 bits per heavy atom. The monoisotopic (exact) mass is 306 g/mol. The molecule has 0 aliphatic carbocycles. The smallest absolute Gasteiger partial charge is 0.171 e. The van der Waals surface area contributed by atoms with Gasteiger partial charge >= 0.3 is 0 Å². The van der Waals surface area contributed by atoms with E-state index in [0.717, 1.165) is 13.4 Å². The average molecular weight is 306 g/mol. The molecule has 22 heavy (non-hydrogen) atoms. The predicted molar refractivity (Wildman–Crippen MR) is 81.8 cm³/mol. The highest BCUT2D eigenvalue weighted by atomic mass is 19.1. The van der Waals surface area contributed by atoms with Crippen LogP contribution in [-0.4, -0.2) is 23.6 Å². The Labute approximate surface area is 128 Å². The van der Waals surface area contributed by atoms with Gasteiger partial charge in [0.2, 0.25) is 0 Å². The standard InChI is InChI=1S/C16H15FO3.CH4O/c1-10-7-14(19)11(2)15(17)16(10)20-9-13-6-4-3-5-12(13)8-18;1-2/h3-8,19H,9H2,1-2H3;2H,1H3. The molecule has 5 heteroatoms. The van der Waals surface area contributed by atoms with E-state index in [2.05, 4.69) is 0 Å². The fourth-order valence-corrected chi connectivity index (χ4v) is 1.94. The third kappa shape index (κ3) is 3.83. The number of aliphatic hydroxyl groups is 1. The third-order valence-electron chi connectivity index (χ3n) is 3.18. The van der Waals surface area contributed by atoms with E-state index in [0.29, 0.717) is 16.7 Å². The average Bonchev–Trinajstić information content (AvgIpc) is 2.55. The van der Waals surface area contributed by atoms with Crippen LogP contribution in [0.3, 0.4) is 0 Å². The molecule has 2 aromatic rings. The zero-order valence-electron chi connectivity index (χ0n) is 12.8. The normalized spacial score (nSPS) is 9.68. The lowest BCUT2D eigenvalue weighted by Crippen LogP contribution is -2.03. The first-order valence-electron chi connectivity index (χ1n) is 6.64. The lowest BCUT2D eigenvalue weighted by Gasteiger charge is -2.13. The lowest BCUT2D eigenvalue weighted by molar-refractivity contribution is 0.112. The Bertz CT molecular complexity index is 653. The molecule has 118 valence electrons. The minimum Gasteiger partial charge on any atom is -0.508 e. The fourth-order valence-electron chi connectivity index (χ4n) is 1.94. The molecule has 0 saturated carbocycles. The number of hydrogen-bond donors (Lipinski definition) is 2. The highest BCUT2D eigenvalue weighted by Crippen LogP contribution is 2.32. The zero-order chi connectivity index (χ0) is 16.7. The Kier molecular flexibility index (Phi) is 6.53. The number of rotatable bonds is 4. The first-order chi connectivity index (χ1) is 10.5. The van der Waals surface area contributed by atoms with Gasteiger partial charge in [0.1, 0.15) is 18.6 Å². The van der Waals surface area contributed by atoms with Crippen molar-refractivity contribution >= 4 is 6.29 Å². The van der Waals surface area contributed by atoms with E-state index in [4.69, 9.17) is 9.84 Å². The number of aliphatic hydroxyl groups excluding tert-OH is 1. The molecule has 0 aliphatic rings. The predicted octanol–water partition coefficient (Wildman–Crippen LogP) is 3.15. The van der Waals surface area contributed by atoms with Crippen molar-refractivity contribution in [1.29, 1.82) is 0 Å². The van der Waals surface area contributed by atoms with Gasteiger partial charge in [-0.2, -0.15) is 0 Å². The highest BCUT2D eigenvalue weighted by molar-refractivity contribution is 5.77. The molecule has 0 bridgehead atoms. The van der Waals surface area contributed by atoms with Crippen LogP contribution in [-0.2, 0) is 6.61 Å². The van der Waals surface area contributed by atoms with E-state index in [9.17, 15) is 14.3 Å². The Hall–Kier alpha value is -2.40. The molecule has 0 atom stereocenters. The van der Waals surface area contributed by atoms with Crippen LogP contribution in [0.1, 0.15) is 27.0 Å². The van der Waals surface area contributed by atoms with Gasteiger partial charge in [-0.1, -0.05) is 24.3 Å².